The molecule has 0 bridgehead atoms. The van der Waals surface area contributed by atoms with Crippen molar-refractivity contribution >= 4 is 17.5 Å². The van der Waals surface area contributed by atoms with Crippen molar-refractivity contribution in [3.63, 3.8) is 0 Å². The Morgan fingerprint density at radius 1 is 1.04 bits per heavy atom. The van der Waals surface area contributed by atoms with Gasteiger partial charge in [-0.15, -0.1) is 0 Å². The summed E-state index contributed by atoms with van der Waals surface area (Å²) in [6.45, 7) is 5.97. The van der Waals surface area contributed by atoms with E-state index < -0.39 is 0 Å². The molecule has 1 amide bonds. The summed E-state index contributed by atoms with van der Waals surface area (Å²) in [5.74, 6) is 0.355. The van der Waals surface area contributed by atoms with Crippen molar-refractivity contribution in [2.24, 2.45) is 0 Å². The number of rotatable bonds is 4. The monoisotopic (exact) mass is 338 g/mol. The summed E-state index contributed by atoms with van der Waals surface area (Å²) < 4.78 is 0. The molecular formula is C20H26N4O. The van der Waals surface area contributed by atoms with Gasteiger partial charge in [0.1, 0.15) is 5.69 Å². The third kappa shape index (κ3) is 4.35. The van der Waals surface area contributed by atoms with Gasteiger partial charge in [-0.2, -0.15) is 0 Å². The molecule has 0 saturated heterocycles. The van der Waals surface area contributed by atoms with Crippen molar-refractivity contribution in [1.82, 2.24) is 15.3 Å². The van der Waals surface area contributed by atoms with Crippen molar-refractivity contribution in [2.75, 3.05) is 5.32 Å². The Balaban J connectivity index is 1.79. The van der Waals surface area contributed by atoms with Gasteiger partial charge >= 0.3 is 0 Å². The lowest BCUT2D eigenvalue weighted by Gasteiger charge is -2.22. The summed E-state index contributed by atoms with van der Waals surface area (Å²) in [5.41, 5.74) is 4.44. The van der Waals surface area contributed by atoms with Crippen molar-refractivity contribution < 1.29 is 4.79 Å². The maximum atomic E-state index is 12.6. The summed E-state index contributed by atoms with van der Waals surface area (Å²) in [4.78, 5) is 21.5. The van der Waals surface area contributed by atoms with Crippen LogP contribution in [0.1, 0.15) is 59.4 Å². The van der Waals surface area contributed by atoms with E-state index in [1.54, 1.807) is 6.07 Å². The van der Waals surface area contributed by atoms with Gasteiger partial charge in [-0.25, -0.2) is 9.97 Å². The molecule has 1 heterocycles. The van der Waals surface area contributed by atoms with Gasteiger partial charge in [-0.05, 0) is 50.8 Å². The molecule has 0 spiro atoms. The molecule has 1 aliphatic carbocycles. The zero-order valence-corrected chi connectivity index (χ0v) is 15.2. The zero-order valence-electron chi connectivity index (χ0n) is 15.2. The SMILES string of the molecule is Cc1cc(C(=O)NC2CCCCC2)nc(Nc2c(C)cccc2C)n1. The molecule has 132 valence electrons. The fourth-order valence-corrected chi connectivity index (χ4v) is 3.37. The number of hydrogen-bond donors (Lipinski definition) is 2. The number of nitrogens with one attached hydrogen (secondary N) is 2. The smallest absolute Gasteiger partial charge is 0.270 e. The van der Waals surface area contributed by atoms with Crippen LogP contribution < -0.4 is 10.6 Å². The van der Waals surface area contributed by atoms with Gasteiger partial charge in [-0.1, -0.05) is 37.5 Å². The van der Waals surface area contributed by atoms with E-state index in [-0.39, 0.29) is 11.9 Å². The number of amides is 1. The van der Waals surface area contributed by atoms with Gasteiger partial charge < -0.3 is 10.6 Å². The first-order chi connectivity index (χ1) is 12.0. The number of anilines is 2. The standard InChI is InChI=1S/C20H26N4O/c1-13-8-7-9-14(2)18(13)24-20-21-15(3)12-17(23-20)19(25)22-16-10-5-4-6-11-16/h7-9,12,16H,4-6,10-11H2,1-3H3,(H,22,25)(H,21,23,24). The second-order valence-electron chi connectivity index (χ2n) is 6.92. The normalized spacial score (nSPS) is 15.0. The number of para-hydroxylation sites is 1. The highest BCUT2D eigenvalue weighted by Crippen LogP contribution is 2.23. The van der Waals surface area contributed by atoms with E-state index in [2.05, 4.69) is 20.6 Å². The molecule has 0 aliphatic heterocycles. The largest absolute Gasteiger partial charge is 0.348 e. The van der Waals surface area contributed by atoms with Gasteiger partial charge in [0.15, 0.2) is 0 Å². The molecule has 0 unspecified atom stereocenters. The maximum absolute atomic E-state index is 12.6. The molecule has 25 heavy (non-hydrogen) atoms. The number of hydrogen-bond acceptors (Lipinski definition) is 4. The van der Waals surface area contributed by atoms with Gasteiger partial charge in [0.2, 0.25) is 5.95 Å². The summed E-state index contributed by atoms with van der Waals surface area (Å²) in [5, 5.41) is 6.40. The van der Waals surface area contributed by atoms with Crippen LogP contribution in [0.4, 0.5) is 11.6 Å². The van der Waals surface area contributed by atoms with Crippen molar-refractivity contribution in [1.29, 1.82) is 0 Å². The summed E-state index contributed by atoms with van der Waals surface area (Å²) in [6, 6.07) is 8.12. The molecule has 3 rings (SSSR count). The molecule has 2 N–H and O–H groups in total. The lowest BCUT2D eigenvalue weighted by atomic mass is 9.95. The summed E-state index contributed by atoms with van der Waals surface area (Å²) in [7, 11) is 0. The third-order valence-electron chi connectivity index (χ3n) is 4.75. The van der Waals surface area contributed by atoms with Crippen LogP contribution in [-0.2, 0) is 0 Å². The highest BCUT2D eigenvalue weighted by atomic mass is 16.1. The van der Waals surface area contributed by atoms with Gasteiger partial charge in [-0.3, -0.25) is 4.79 Å². The van der Waals surface area contributed by atoms with Crippen LogP contribution in [-0.4, -0.2) is 21.9 Å². The molecular weight excluding hydrogens is 312 g/mol. The molecule has 0 atom stereocenters. The minimum absolute atomic E-state index is 0.109. The van der Waals surface area contributed by atoms with E-state index >= 15 is 0 Å². The topological polar surface area (TPSA) is 66.9 Å². The molecule has 1 aromatic carbocycles. The number of benzene rings is 1. The number of aryl methyl sites for hydroxylation is 3. The van der Waals surface area contributed by atoms with E-state index in [0.717, 1.165) is 35.3 Å². The van der Waals surface area contributed by atoms with Gasteiger partial charge in [0, 0.05) is 17.4 Å². The van der Waals surface area contributed by atoms with E-state index in [9.17, 15) is 4.79 Å². The molecule has 1 aromatic heterocycles. The fourth-order valence-electron chi connectivity index (χ4n) is 3.37. The Labute approximate surface area is 149 Å². The van der Waals surface area contributed by atoms with Crippen molar-refractivity contribution in [2.45, 2.75) is 58.9 Å². The highest BCUT2D eigenvalue weighted by molar-refractivity contribution is 5.93. The molecule has 1 saturated carbocycles. The molecule has 0 radical (unpaired) electrons. The van der Waals surface area contributed by atoms with E-state index in [1.165, 1.54) is 19.3 Å². The maximum Gasteiger partial charge on any atom is 0.270 e. The van der Waals surface area contributed by atoms with Crippen LogP contribution in [0.2, 0.25) is 0 Å². The molecule has 2 aromatic rings. The van der Waals surface area contributed by atoms with Crippen molar-refractivity contribution in [3.05, 3.63) is 46.8 Å². The third-order valence-corrected chi connectivity index (χ3v) is 4.75. The first-order valence-corrected chi connectivity index (χ1v) is 9.03. The number of nitrogens with zero attached hydrogens (tertiary/aromatic N) is 2. The zero-order chi connectivity index (χ0) is 17.8. The van der Waals surface area contributed by atoms with Crippen LogP contribution >= 0.6 is 0 Å². The first-order valence-electron chi connectivity index (χ1n) is 9.03. The molecule has 1 aliphatic rings. The van der Waals surface area contributed by atoms with E-state index in [0.29, 0.717) is 11.6 Å². The van der Waals surface area contributed by atoms with Gasteiger partial charge in [0.05, 0.1) is 0 Å². The van der Waals surface area contributed by atoms with E-state index in [4.69, 9.17) is 0 Å². The van der Waals surface area contributed by atoms with Crippen LogP contribution in [0.3, 0.4) is 0 Å². The number of aromatic nitrogens is 2. The predicted molar refractivity (Wildman–Crippen MR) is 100 cm³/mol. The Kier molecular flexibility index (Phi) is 5.31. The minimum atomic E-state index is -0.109. The average Bonchev–Trinajstić information content (AvgIpc) is 2.59. The Hall–Kier alpha value is -2.43. The summed E-state index contributed by atoms with van der Waals surface area (Å²) >= 11 is 0. The summed E-state index contributed by atoms with van der Waals surface area (Å²) in [6.07, 6.45) is 5.76. The van der Waals surface area contributed by atoms with Gasteiger partial charge in [0.25, 0.3) is 5.91 Å². The molecule has 1 fully saturated rings. The second kappa shape index (κ2) is 7.64. The van der Waals surface area contributed by atoms with Crippen LogP contribution in [0.15, 0.2) is 24.3 Å². The fraction of sp³-hybridized carbons (Fsp3) is 0.450. The molecule has 5 heteroatoms. The van der Waals surface area contributed by atoms with Crippen molar-refractivity contribution in [3.8, 4) is 0 Å². The Bertz CT molecular complexity index is 746. The minimum Gasteiger partial charge on any atom is -0.348 e. The lowest BCUT2D eigenvalue weighted by Crippen LogP contribution is -2.36. The second-order valence-corrected chi connectivity index (χ2v) is 6.92. The van der Waals surface area contributed by atoms with Crippen LogP contribution in [0.5, 0.6) is 0 Å². The lowest BCUT2D eigenvalue weighted by molar-refractivity contribution is 0.0922. The quantitative estimate of drug-likeness (QED) is 0.876. The first kappa shape index (κ1) is 17.4. The predicted octanol–water partition coefficient (Wildman–Crippen LogP) is 4.21. The Morgan fingerprint density at radius 3 is 2.40 bits per heavy atom. The number of carbonyl (C=O) groups excluding carboxylic acids is 1. The molecule has 5 nitrogen and oxygen atoms in total. The van der Waals surface area contributed by atoms with Crippen LogP contribution in [0.25, 0.3) is 0 Å². The number of carbonyl (C=O) groups is 1. The van der Waals surface area contributed by atoms with E-state index in [1.807, 2.05) is 39.0 Å². The Morgan fingerprint density at radius 2 is 1.72 bits per heavy atom. The highest BCUT2D eigenvalue weighted by Gasteiger charge is 2.18. The van der Waals surface area contributed by atoms with Crippen LogP contribution in [0, 0.1) is 20.8 Å². The average molecular weight is 338 g/mol.